The van der Waals surface area contributed by atoms with Crippen LogP contribution in [0.4, 0.5) is 9.59 Å². The molecule has 8 heteroatoms. The van der Waals surface area contributed by atoms with Crippen molar-refractivity contribution >= 4 is 18.2 Å². The fourth-order valence-electron chi connectivity index (χ4n) is 4.88. The quantitative estimate of drug-likeness (QED) is 0.705. The number of amides is 2. The number of piperidine rings is 1. The van der Waals surface area contributed by atoms with Crippen LogP contribution in [-0.4, -0.2) is 54.4 Å². The number of hydrogen-bond donors (Lipinski definition) is 1. The highest BCUT2D eigenvalue weighted by Crippen LogP contribution is 2.44. The van der Waals surface area contributed by atoms with Crippen LogP contribution in [0.1, 0.15) is 50.7 Å². The van der Waals surface area contributed by atoms with Crippen LogP contribution in [0.15, 0.2) is 48.5 Å². The lowest BCUT2D eigenvalue weighted by Gasteiger charge is -2.37. The van der Waals surface area contributed by atoms with E-state index >= 15 is 0 Å². The zero-order valence-corrected chi connectivity index (χ0v) is 20.3. The van der Waals surface area contributed by atoms with Crippen molar-refractivity contribution in [3.8, 4) is 11.1 Å². The van der Waals surface area contributed by atoms with Gasteiger partial charge in [0.2, 0.25) is 0 Å². The first-order chi connectivity index (χ1) is 16.6. The van der Waals surface area contributed by atoms with Gasteiger partial charge < -0.3 is 29.6 Å². The highest BCUT2D eigenvalue weighted by atomic mass is 16.6. The first-order valence-electron chi connectivity index (χ1n) is 11.9. The highest BCUT2D eigenvalue weighted by molar-refractivity contribution is 5.80. The number of carboxylic acid groups (broad SMARTS) is 1. The topological polar surface area (TPSA) is 108 Å². The van der Waals surface area contributed by atoms with E-state index in [2.05, 4.69) is 5.32 Å². The Hall–Kier alpha value is -3.55. The number of nitrogens with zero attached hydrogens (tertiary/aromatic N) is 1. The number of aliphatic carboxylic acids is 1. The highest BCUT2D eigenvalue weighted by Gasteiger charge is 2.33. The van der Waals surface area contributed by atoms with Crippen LogP contribution in [-0.2, 0) is 14.3 Å². The number of benzene rings is 2. The van der Waals surface area contributed by atoms with Gasteiger partial charge in [0, 0.05) is 19.0 Å². The molecule has 0 spiro atoms. The number of likely N-dealkylation sites (tertiary alicyclic amines) is 1. The van der Waals surface area contributed by atoms with Crippen LogP contribution < -0.4 is 10.4 Å². The van der Waals surface area contributed by atoms with Crippen molar-refractivity contribution in [3.05, 3.63) is 59.7 Å². The molecule has 2 aliphatic rings. The third-order valence-electron chi connectivity index (χ3n) is 6.53. The summed E-state index contributed by atoms with van der Waals surface area (Å²) in [6.45, 7) is 6.16. The molecule has 1 aliphatic heterocycles. The number of alkyl carbamates (subject to hydrolysis) is 1. The summed E-state index contributed by atoms with van der Waals surface area (Å²) in [4.78, 5) is 38.3. The van der Waals surface area contributed by atoms with Gasteiger partial charge >= 0.3 is 12.2 Å². The lowest BCUT2D eigenvalue weighted by Crippen LogP contribution is -2.55. The maximum atomic E-state index is 12.6. The van der Waals surface area contributed by atoms with Gasteiger partial charge in [0.1, 0.15) is 12.2 Å². The lowest BCUT2D eigenvalue weighted by atomic mass is 9.89. The normalized spacial score (nSPS) is 16.7. The van der Waals surface area contributed by atoms with E-state index in [1.54, 1.807) is 25.7 Å². The molecule has 1 fully saturated rings. The summed E-state index contributed by atoms with van der Waals surface area (Å²) in [6.07, 6.45) is -0.413. The van der Waals surface area contributed by atoms with Crippen molar-refractivity contribution in [2.75, 3.05) is 19.7 Å². The van der Waals surface area contributed by atoms with Crippen molar-refractivity contribution in [1.82, 2.24) is 10.2 Å². The minimum absolute atomic E-state index is 0.0940. The van der Waals surface area contributed by atoms with Gasteiger partial charge in [-0.3, -0.25) is 0 Å². The van der Waals surface area contributed by atoms with Gasteiger partial charge in [-0.25, -0.2) is 9.59 Å². The number of carboxylic acids is 1. The average molecular weight is 480 g/mol. The fraction of sp³-hybridized carbons (Fsp3) is 0.444. The Bertz CT molecular complexity index is 1060. The van der Waals surface area contributed by atoms with E-state index in [0.29, 0.717) is 25.9 Å². The molecule has 1 saturated heterocycles. The molecule has 8 nitrogen and oxygen atoms in total. The summed E-state index contributed by atoms with van der Waals surface area (Å²) in [5, 5.41) is 14.3. The Morgan fingerprint density at radius 2 is 1.54 bits per heavy atom. The molecule has 1 N–H and O–H groups in total. The summed E-state index contributed by atoms with van der Waals surface area (Å²) in [7, 11) is 0. The largest absolute Gasteiger partial charge is 0.548 e. The van der Waals surface area contributed by atoms with Crippen molar-refractivity contribution in [2.24, 2.45) is 5.92 Å². The molecule has 0 bridgehead atoms. The first-order valence-corrected chi connectivity index (χ1v) is 11.9. The summed E-state index contributed by atoms with van der Waals surface area (Å²) in [5.74, 6) is -1.86. The molecule has 35 heavy (non-hydrogen) atoms. The van der Waals surface area contributed by atoms with E-state index in [1.165, 1.54) is 0 Å². The standard InChI is InChI=1S/C27H32N2O6/c1-27(2,3)35-26(33)29-14-12-17(13-15-29)23(24(30)31)28-25(32)34-16-22-20-10-6-4-8-18(20)19-9-5-7-11-21(19)22/h4-11,17,22-23H,12-16H2,1-3H3,(H,28,32)(H,30,31)/p-1/t23-/m0/s1. The second-order valence-corrected chi connectivity index (χ2v) is 10.1. The van der Waals surface area contributed by atoms with E-state index in [0.717, 1.165) is 22.3 Å². The molecule has 1 atom stereocenters. The molecule has 0 unspecified atom stereocenters. The van der Waals surface area contributed by atoms with Gasteiger partial charge in [-0.1, -0.05) is 48.5 Å². The number of hydrogen-bond acceptors (Lipinski definition) is 6. The molecule has 1 heterocycles. The second kappa shape index (κ2) is 9.98. The average Bonchev–Trinajstić information content (AvgIpc) is 3.14. The second-order valence-electron chi connectivity index (χ2n) is 10.1. The van der Waals surface area contributed by atoms with Gasteiger partial charge in [0.15, 0.2) is 0 Å². The Balaban J connectivity index is 1.34. The van der Waals surface area contributed by atoms with Gasteiger partial charge in [-0.05, 0) is 61.8 Å². The van der Waals surface area contributed by atoms with Crippen molar-refractivity contribution in [2.45, 2.75) is 51.2 Å². The van der Waals surface area contributed by atoms with E-state index in [9.17, 15) is 19.5 Å². The van der Waals surface area contributed by atoms with E-state index < -0.39 is 29.8 Å². The minimum atomic E-state index is -1.37. The maximum absolute atomic E-state index is 12.6. The van der Waals surface area contributed by atoms with E-state index in [4.69, 9.17) is 9.47 Å². The third kappa shape index (κ3) is 5.58. The van der Waals surface area contributed by atoms with Crippen LogP contribution in [0, 0.1) is 5.92 Å². The van der Waals surface area contributed by atoms with Crippen LogP contribution in [0.25, 0.3) is 11.1 Å². The van der Waals surface area contributed by atoms with Crippen LogP contribution in [0.3, 0.4) is 0 Å². The van der Waals surface area contributed by atoms with Crippen molar-refractivity contribution in [3.63, 3.8) is 0 Å². The van der Waals surface area contributed by atoms with Crippen molar-refractivity contribution in [1.29, 1.82) is 0 Å². The molecule has 1 aliphatic carbocycles. The van der Waals surface area contributed by atoms with Gasteiger partial charge in [0.25, 0.3) is 0 Å². The predicted molar refractivity (Wildman–Crippen MR) is 128 cm³/mol. The molecule has 2 aromatic rings. The Morgan fingerprint density at radius 1 is 1.00 bits per heavy atom. The Morgan fingerprint density at radius 3 is 2.06 bits per heavy atom. The SMILES string of the molecule is CC(C)(C)OC(=O)N1CCC([C@H](NC(=O)OCC2c3ccccc3-c3ccccc32)C(=O)[O-])CC1. The number of carbonyl (C=O) groups is 3. The molecular weight excluding hydrogens is 448 g/mol. The Kier molecular flexibility index (Phi) is 7.00. The van der Waals surface area contributed by atoms with Gasteiger partial charge in [0.05, 0.1) is 12.0 Å². The minimum Gasteiger partial charge on any atom is -0.548 e. The number of rotatable bonds is 5. The van der Waals surface area contributed by atoms with E-state index in [-0.39, 0.29) is 18.4 Å². The van der Waals surface area contributed by atoms with Crippen LogP contribution in [0.5, 0.6) is 0 Å². The molecular formula is C27H31N2O6-. The Labute approximate surface area is 205 Å². The lowest BCUT2D eigenvalue weighted by molar-refractivity contribution is -0.309. The van der Waals surface area contributed by atoms with Crippen LogP contribution >= 0.6 is 0 Å². The molecule has 0 saturated carbocycles. The smallest absolute Gasteiger partial charge is 0.410 e. The fourth-order valence-corrected chi connectivity index (χ4v) is 4.88. The number of carbonyl (C=O) groups excluding carboxylic acids is 3. The monoisotopic (exact) mass is 479 g/mol. The summed E-state index contributed by atoms with van der Waals surface area (Å²) in [6, 6.07) is 14.8. The molecule has 2 amide bonds. The molecule has 186 valence electrons. The molecule has 4 rings (SSSR count). The van der Waals surface area contributed by atoms with Crippen molar-refractivity contribution < 1.29 is 29.0 Å². The predicted octanol–water partition coefficient (Wildman–Crippen LogP) is 3.29. The number of fused-ring (bicyclic) bond motifs is 3. The summed E-state index contributed by atoms with van der Waals surface area (Å²) >= 11 is 0. The third-order valence-corrected chi connectivity index (χ3v) is 6.53. The first kappa shape index (κ1) is 24.6. The summed E-state index contributed by atoms with van der Waals surface area (Å²) < 4.78 is 10.9. The number of nitrogens with one attached hydrogen (secondary N) is 1. The zero-order chi connectivity index (χ0) is 25.2. The molecule has 0 aromatic heterocycles. The molecule has 2 aromatic carbocycles. The van der Waals surface area contributed by atoms with E-state index in [1.807, 2.05) is 48.5 Å². The maximum Gasteiger partial charge on any atom is 0.410 e. The molecule has 0 radical (unpaired) electrons. The zero-order valence-electron chi connectivity index (χ0n) is 20.3. The van der Waals surface area contributed by atoms with Gasteiger partial charge in [-0.15, -0.1) is 0 Å². The number of ether oxygens (including phenoxy) is 2. The summed E-state index contributed by atoms with van der Waals surface area (Å²) in [5.41, 5.74) is 3.77. The van der Waals surface area contributed by atoms with Crippen LogP contribution in [0.2, 0.25) is 0 Å². The van der Waals surface area contributed by atoms with Gasteiger partial charge in [-0.2, -0.15) is 0 Å².